The predicted octanol–water partition coefficient (Wildman–Crippen LogP) is 0.417. The summed E-state index contributed by atoms with van der Waals surface area (Å²) in [6, 6.07) is -0.511. The summed E-state index contributed by atoms with van der Waals surface area (Å²) >= 11 is 2.54. The number of hydrogen-bond donors (Lipinski definition) is 3. The molecule has 0 bridgehead atoms. The van der Waals surface area contributed by atoms with Crippen molar-refractivity contribution in [2.75, 3.05) is 12.3 Å². The van der Waals surface area contributed by atoms with Gasteiger partial charge in [0.25, 0.3) is 0 Å². The number of amides is 4. The second-order valence-corrected chi connectivity index (χ2v) is 6.13. The van der Waals surface area contributed by atoms with Crippen molar-refractivity contribution in [2.24, 2.45) is 5.73 Å². The fraction of sp³-hybridized carbons (Fsp3) is 0.455. The molecule has 0 unspecified atom stereocenters. The maximum Gasteiger partial charge on any atom is 0.321 e. The van der Waals surface area contributed by atoms with E-state index in [2.05, 4.69) is 15.6 Å². The molecule has 0 fully saturated rings. The number of thiazole rings is 1. The van der Waals surface area contributed by atoms with Gasteiger partial charge in [0.15, 0.2) is 4.34 Å². The summed E-state index contributed by atoms with van der Waals surface area (Å²) in [4.78, 5) is 38.5. The van der Waals surface area contributed by atoms with Gasteiger partial charge in [-0.3, -0.25) is 14.9 Å². The fourth-order valence-electron chi connectivity index (χ4n) is 1.28. The van der Waals surface area contributed by atoms with E-state index in [-0.39, 0.29) is 12.2 Å². The van der Waals surface area contributed by atoms with Crippen molar-refractivity contribution in [1.29, 1.82) is 0 Å². The molecular formula is C11H16N4O3S2. The van der Waals surface area contributed by atoms with Crippen LogP contribution in [0.15, 0.2) is 4.34 Å². The van der Waals surface area contributed by atoms with Crippen molar-refractivity contribution in [3.8, 4) is 0 Å². The van der Waals surface area contributed by atoms with E-state index in [1.165, 1.54) is 23.1 Å². The highest BCUT2D eigenvalue weighted by Crippen LogP contribution is 2.27. The highest BCUT2D eigenvalue weighted by Gasteiger charge is 2.13. The predicted molar refractivity (Wildman–Crippen MR) is 77.7 cm³/mol. The average Bonchev–Trinajstić information content (AvgIpc) is 2.67. The highest BCUT2D eigenvalue weighted by molar-refractivity contribution is 8.01. The smallest absolute Gasteiger partial charge is 0.321 e. The second-order valence-electron chi connectivity index (χ2n) is 3.83. The van der Waals surface area contributed by atoms with Gasteiger partial charge in [-0.15, -0.1) is 11.3 Å². The average molecular weight is 316 g/mol. The van der Waals surface area contributed by atoms with Crippen molar-refractivity contribution < 1.29 is 14.4 Å². The Morgan fingerprint density at radius 1 is 1.40 bits per heavy atom. The van der Waals surface area contributed by atoms with Crippen molar-refractivity contribution in [1.82, 2.24) is 15.6 Å². The lowest BCUT2D eigenvalue weighted by molar-refractivity contribution is -0.118. The molecule has 0 spiro atoms. The van der Waals surface area contributed by atoms with Crippen molar-refractivity contribution >= 4 is 40.9 Å². The quantitative estimate of drug-likeness (QED) is 0.658. The number of carbonyl (C=O) groups is 3. The molecule has 110 valence electrons. The number of urea groups is 1. The Labute approximate surface area is 124 Å². The Morgan fingerprint density at radius 2 is 2.10 bits per heavy atom. The first kappa shape index (κ1) is 16.4. The third-order valence-corrected chi connectivity index (χ3v) is 4.43. The van der Waals surface area contributed by atoms with E-state index >= 15 is 0 Å². The van der Waals surface area contributed by atoms with Crippen LogP contribution in [0.5, 0.6) is 0 Å². The maximum atomic E-state index is 11.5. The van der Waals surface area contributed by atoms with Crippen LogP contribution in [0.25, 0.3) is 0 Å². The zero-order valence-electron chi connectivity index (χ0n) is 11.2. The molecule has 4 amide bonds. The van der Waals surface area contributed by atoms with Gasteiger partial charge >= 0.3 is 6.03 Å². The molecule has 1 aromatic heterocycles. The number of rotatable bonds is 6. The van der Waals surface area contributed by atoms with Crippen LogP contribution in [-0.2, 0) is 16.0 Å². The van der Waals surface area contributed by atoms with Crippen LogP contribution in [0.3, 0.4) is 0 Å². The first-order valence-corrected chi connectivity index (χ1v) is 7.67. The van der Waals surface area contributed by atoms with Crippen LogP contribution in [0, 0.1) is 6.92 Å². The number of aryl methyl sites for hydroxylation is 1. The van der Waals surface area contributed by atoms with E-state index in [9.17, 15) is 14.4 Å². The largest absolute Gasteiger partial charge is 0.369 e. The molecule has 7 nitrogen and oxygen atoms in total. The second kappa shape index (κ2) is 7.85. The number of imide groups is 1. The standard InChI is InChI=1S/C11H16N4O3S2/c1-3-13-10(18)15-9(17)5-19-11-14-6(2)7(20-11)4-8(12)16/h3-5H2,1-2H3,(H2,12,16)(H2,13,15,17,18). The third-order valence-electron chi connectivity index (χ3n) is 2.12. The molecule has 0 saturated carbocycles. The van der Waals surface area contributed by atoms with Gasteiger partial charge in [-0.2, -0.15) is 0 Å². The Morgan fingerprint density at radius 3 is 2.70 bits per heavy atom. The number of nitrogens with two attached hydrogens (primary N) is 1. The van der Waals surface area contributed by atoms with Crippen LogP contribution < -0.4 is 16.4 Å². The summed E-state index contributed by atoms with van der Waals surface area (Å²) in [6.45, 7) is 4.00. The van der Waals surface area contributed by atoms with E-state index in [0.29, 0.717) is 10.9 Å². The maximum absolute atomic E-state index is 11.5. The summed E-state index contributed by atoms with van der Waals surface area (Å²) in [6.07, 6.45) is 0.148. The SMILES string of the molecule is CCNC(=O)NC(=O)CSc1nc(C)c(CC(N)=O)s1. The van der Waals surface area contributed by atoms with Gasteiger partial charge in [0, 0.05) is 11.4 Å². The Bertz CT molecular complexity index is 516. The Balaban J connectivity index is 2.47. The zero-order valence-corrected chi connectivity index (χ0v) is 12.8. The van der Waals surface area contributed by atoms with Crippen molar-refractivity contribution in [3.63, 3.8) is 0 Å². The topological polar surface area (TPSA) is 114 Å². The summed E-state index contributed by atoms with van der Waals surface area (Å²) < 4.78 is 0.671. The van der Waals surface area contributed by atoms with Crippen molar-refractivity contribution in [3.05, 3.63) is 10.6 Å². The Hall–Kier alpha value is -1.61. The van der Waals surface area contributed by atoms with Gasteiger partial charge in [0.2, 0.25) is 11.8 Å². The van der Waals surface area contributed by atoms with E-state index in [1.54, 1.807) is 13.8 Å². The minimum absolute atomic E-state index is 0.0834. The lowest BCUT2D eigenvalue weighted by atomic mass is 10.3. The molecule has 0 atom stereocenters. The number of nitrogens with zero attached hydrogens (tertiary/aromatic N) is 1. The van der Waals surface area contributed by atoms with Crippen LogP contribution in [0.2, 0.25) is 0 Å². The summed E-state index contributed by atoms with van der Waals surface area (Å²) in [5.74, 6) is -0.729. The van der Waals surface area contributed by atoms with E-state index in [1.807, 2.05) is 0 Å². The number of thioether (sulfide) groups is 1. The number of aromatic nitrogens is 1. The van der Waals surface area contributed by atoms with E-state index in [4.69, 9.17) is 5.73 Å². The fourth-order valence-corrected chi connectivity index (χ4v) is 3.32. The summed E-state index contributed by atoms with van der Waals surface area (Å²) in [5, 5.41) is 4.66. The molecule has 20 heavy (non-hydrogen) atoms. The number of hydrogen-bond acceptors (Lipinski definition) is 6. The third kappa shape index (κ3) is 5.57. The molecule has 1 heterocycles. The first-order chi connectivity index (χ1) is 9.42. The number of primary amides is 1. The normalized spacial score (nSPS) is 10.1. The first-order valence-electron chi connectivity index (χ1n) is 5.87. The molecule has 1 aromatic rings. The van der Waals surface area contributed by atoms with Crippen LogP contribution in [0.4, 0.5) is 4.79 Å². The van der Waals surface area contributed by atoms with Crippen LogP contribution >= 0.6 is 23.1 Å². The van der Waals surface area contributed by atoms with Gasteiger partial charge in [-0.1, -0.05) is 11.8 Å². The molecular weight excluding hydrogens is 300 g/mol. The molecule has 0 saturated heterocycles. The van der Waals surface area contributed by atoms with Gasteiger partial charge in [-0.25, -0.2) is 9.78 Å². The van der Waals surface area contributed by atoms with Gasteiger partial charge < -0.3 is 11.1 Å². The molecule has 0 aromatic carbocycles. The lowest BCUT2D eigenvalue weighted by Crippen LogP contribution is -2.40. The molecule has 0 aliphatic rings. The molecule has 0 radical (unpaired) electrons. The van der Waals surface area contributed by atoms with Gasteiger partial charge in [0.05, 0.1) is 17.9 Å². The van der Waals surface area contributed by atoms with E-state index < -0.39 is 17.8 Å². The van der Waals surface area contributed by atoms with Crippen LogP contribution in [0.1, 0.15) is 17.5 Å². The lowest BCUT2D eigenvalue weighted by Gasteiger charge is -2.03. The highest BCUT2D eigenvalue weighted by atomic mass is 32.2. The van der Waals surface area contributed by atoms with Crippen LogP contribution in [-0.4, -0.2) is 35.1 Å². The molecule has 0 aliphatic carbocycles. The number of carbonyl (C=O) groups excluding carboxylic acids is 3. The van der Waals surface area contributed by atoms with E-state index in [0.717, 1.165) is 10.6 Å². The molecule has 1 rings (SSSR count). The van der Waals surface area contributed by atoms with Gasteiger partial charge in [0.1, 0.15) is 0 Å². The van der Waals surface area contributed by atoms with Crippen molar-refractivity contribution in [2.45, 2.75) is 24.6 Å². The molecule has 9 heteroatoms. The minimum Gasteiger partial charge on any atom is -0.369 e. The number of nitrogens with one attached hydrogen (secondary N) is 2. The Kier molecular flexibility index (Phi) is 6.46. The summed E-state index contributed by atoms with van der Waals surface area (Å²) in [7, 11) is 0. The molecule has 0 aliphatic heterocycles. The minimum atomic E-state index is -0.511. The molecule has 4 N–H and O–H groups in total. The zero-order chi connectivity index (χ0) is 15.1. The summed E-state index contributed by atoms with van der Waals surface area (Å²) in [5.41, 5.74) is 5.87. The van der Waals surface area contributed by atoms with Gasteiger partial charge in [-0.05, 0) is 13.8 Å². The monoisotopic (exact) mass is 316 g/mol.